The van der Waals surface area contributed by atoms with Gasteiger partial charge in [0.15, 0.2) is 0 Å². The third-order valence-corrected chi connectivity index (χ3v) is 4.45. The highest BCUT2D eigenvalue weighted by molar-refractivity contribution is 5.96. The Balaban J connectivity index is 1.59. The number of nitrogens with zero attached hydrogens (tertiary/aromatic N) is 4. The number of aryl methyl sites for hydroxylation is 2. The van der Waals surface area contributed by atoms with E-state index >= 15 is 0 Å². The van der Waals surface area contributed by atoms with Crippen molar-refractivity contribution in [3.8, 4) is 0 Å². The normalized spacial score (nSPS) is 14.6. The number of hydrogen-bond donors (Lipinski definition) is 0. The number of hydrogen-bond acceptors (Lipinski definition) is 5. The van der Waals surface area contributed by atoms with Crippen LogP contribution < -0.4 is 0 Å². The van der Waals surface area contributed by atoms with Crippen molar-refractivity contribution < 1.29 is 14.1 Å². The van der Waals surface area contributed by atoms with E-state index in [0.717, 1.165) is 5.69 Å². The summed E-state index contributed by atoms with van der Waals surface area (Å²) in [7, 11) is 0. The maximum Gasteiger partial charge on any atom is 0.259 e. The third-order valence-electron chi connectivity index (χ3n) is 4.45. The van der Waals surface area contributed by atoms with Gasteiger partial charge in [-0.15, -0.1) is 0 Å². The fourth-order valence-electron chi connectivity index (χ4n) is 3.02. The minimum Gasteiger partial charge on any atom is -0.360 e. The van der Waals surface area contributed by atoms with Gasteiger partial charge in [-0.2, -0.15) is 0 Å². The average Bonchev–Trinajstić information content (AvgIpc) is 3.02. The molecule has 2 aromatic rings. The van der Waals surface area contributed by atoms with Crippen LogP contribution in [0.4, 0.5) is 0 Å². The van der Waals surface area contributed by atoms with Gasteiger partial charge < -0.3 is 14.3 Å². The van der Waals surface area contributed by atoms with Crippen LogP contribution in [0.5, 0.6) is 0 Å². The second-order valence-electron chi connectivity index (χ2n) is 6.09. The number of carbonyl (C=O) groups is 2. The highest BCUT2D eigenvalue weighted by Gasteiger charge is 2.28. The molecule has 3 heterocycles. The first kappa shape index (κ1) is 17.1. The summed E-state index contributed by atoms with van der Waals surface area (Å²) < 4.78 is 5.21. The zero-order valence-electron chi connectivity index (χ0n) is 14.6. The van der Waals surface area contributed by atoms with Crippen molar-refractivity contribution in [3.63, 3.8) is 0 Å². The van der Waals surface area contributed by atoms with Gasteiger partial charge in [0.2, 0.25) is 5.91 Å². The Morgan fingerprint density at radius 2 is 1.88 bits per heavy atom. The van der Waals surface area contributed by atoms with Gasteiger partial charge in [0.25, 0.3) is 5.91 Å². The number of pyridine rings is 1. The molecule has 3 rings (SSSR count). The third kappa shape index (κ3) is 3.70. The summed E-state index contributed by atoms with van der Waals surface area (Å²) in [5.41, 5.74) is 1.95. The molecular formula is C18H22N4O3. The molecule has 0 N–H and O–H groups in total. The fraction of sp³-hybridized carbons (Fsp3) is 0.444. The van der Waals surface area contributed by atoms with Crippen molar-refractivity contribution in [1.82, 2.24) is 19.9 Å². The number of piperazine rings is 1. The van der Waals surface area contributed by atoms with Crippen molar-refractivity contribution in [2.24, 2.45) is 0 Å². The maximum absolute atomic E-state index is 12.7. The van der Waals surface area contributed by atoms with Gasteiger partial charge in [0, 0.05) is 44.5 Å². The van der Waals surface area contributed by atoms with Crippen LogP contribution in [-0.2, 0) is 17.6 Å². The van der Waals surface area contributed by atoms with Crippen LogP contribution in [0.1, 0.15) is 34.4 Å². The molecule has 1 saturated heterocycles. The summed E-state index contributed by atoms with van der Waals surface area (Å²) in [6.07, 6.45) is 2.61. The molecule has 1 fully saturated rings. The van der Waals surface area contributed by atoms with Gasteiger partial charge in [-0.1, -0.05) is 18.1 Å². The van der Waals surface area contributed by atoms with Crippen LogP contribution in [0.2, 0.25) is 0 Å². The van der Waals surface area contributed by atoms with E-state index in [2.05, 4.69) is 10.1 Å². The van der Waals surface area contributed by atoms with Gasteiger partial charge in [-0.05, 0) is 19.1 Å². The Hall–Kier alpha value is -2.70. The SMILES string of the molecule is CCc1onc(C)c1C(=O)N1CCN(C(=O)Cc2ccccn2)CC1. The maximum atomic E-state index is 12.7. The molecule has 0 aliphatic carbocycles. The van der Waals surface area contributed by atoms with E-state index in [0.29, 0.717) is 56.0 Å². The number of amides is 2. The summed E-state index contributed by atoms with van der Waals surface area (Å²) in [5, 5.41) is 3.90. The minimum absolute atomic E-state index is 0.0428. The molecule has 25 heavy (non-hydrogen) atoms. The van der Waals surface area contributed by atoms with Crippen molar-refractivity contribution in [2.75, 3.05) is 26.2 Å². The van der Waals surface area contributed by atoms with Gasteiger partial charge in [-0.3, -0.25) is 14.6 Å². The van der Waals surface area contributed by atoms with Crippen LogP contribution >= 0.6 is 0 Å². The number of carbonyl (C=O) groups excluding carboxylic acids is 2. The molecular weight excluding hydrogens is 320 g/mol. The largest absolute Gasteiger partial charge is 0.360 e. The zero-order valence-corrected chi connectivity index (χ0v) is 14.6. The summed E-state index contributed by atoms with van der Waals surface area (Å²) in [6, 6.07) is 5.55. The predicted molar refractivity (Wildman–Crippen MR) is 91.0 cm³/mol. The van der Waals surface area contributed by atoms with E-state index in [4.69, 9.17) is 4.52 Å². The Morgan fingerprint density at radius 1 is 1.16 bits per heavy atom. The molecule has 2 aromatic heterocycles. The highest BCUT2D eigenvalue weighted by atomic mass is 16.5. The smallest absolute Gasteiger partial charge is 0.259 e. The van der Waals surface area contributed by atoms with E-state index in [1.54, 1.807) is 22.9 Å². The van der Waals surface area contributed by atoms with Crippen molar-refractivity contribution in [3.05, 3.63) is 47.1 Å². The van der Waals surface area contributed by atoms with Crippen LogP contribution in [0.25, 0.3) is 0 Å². The molecule has 2 amide bonds. The van der Waals surface area contributed by atoms with E-state index in [9.17, 15) is 9.59 Å². The second-order valence-corrected chi connectivity index (χ2v) is 6.09. The first-order valence-corrected chi connectivity index (χ1v) is 8.52. The molecule has 1 aliphatic rings. The zero-order chi connectivity index (χ0) is 17.8. The molecule has 0 radical (unpaired) electrons. The fourth-order valence-corrected chi connectivity index (χ4v) is 3.02. The van der Waals surface area contributed by atoms with Crippen LogP contribution in [-0.4, -0.2) is 57.9 Å². The molecule has 7 heteroatoms. The summed E-state index contributed by atoms with van der Waals surface area (Å²) in [4.78, 5) is 32.9. The molecule has 0 unspecified atom stereocenters. The summed E-state index contributed by atoms with van der Waals surface area (Å²) in [6.45, 7) is 5.81. The van der Waals surface area contributed by atoms with Gasteiger partial charge in [0.1, 0.15) is 11.3 Å². The van der Waals surface area contributed by atoms with E-state index < -0.39 is 0 Å². The lowest BCUT2D eigenvalue weighted by Gasteiger charge is -2.34. The van der Waals surface area contributed by atoms with Crippen molar-refractivity contribution >= 4 is 11.8 Å². The number of aromatic nitrogens is 2. The van der Waals surface area contributed by atoms with Crippen molar-refractivity contribution in [2.45, 2.75) is 26.7 Å². The molecule has 0 aromatic carbocycles. The summed E-state index contributed by atoms with van der Waals surface area (Å²) in [5.74, 6) is 0.602. The van der Waals surface area contributed by atoms with Crippen LogP contribution in [0, 0.1) is 6.92 Å². The molecule has 1 aliphatic heterocycles. The van der Waals surface area contributed by atoms with Crippen LogP contribution in [0.3, 0.4) is 0 Å². The molecule has 0 spiro atoms. The Kier molecular flexibility index (Phi) is 5.11. The minimum atomic E-state index is -0.0626. The quantitative estimate of drug-likeness (QED) is 0.840. The van der Waals surface area contributed by atoms with E-state index in [1.807, 2.05) is 25.1 Å². The van der Waals surface area contributed by atoms with E-state index in [1.165, 1.54) is 0 Å². The lowest BCUT2D eigenvalue weighted by atomic mass is 10.1. The monoisotopic (exact) mass is 342 g/mol. The van der Waals surface area contributed by atoms with Crippen molar-refractivity contribution in [1.29, 1.82) is 0 Å². The van der Waals surface area contributed by atoms with Crippen LogP contribution in [0.15, 0.2) is 28.9 Å². The molecule has 132 valence electrons. The Bertz CT molecular complexity index is 749. The lowest BCUT2D eigenvalue weighted by Crippen LogP contribution is -2.51. The van der Waals surface area contributed by atoms with Gasteiger partial charge >= 0.3 is 0 Å². The van der Waals surface area contributed by atoms with E-state index in [-0.39, 0.29) is 11.8 Å². The standard InChI is InChI=1S/C18H22N4O3/c1-3-15-17(13(2)20-25-15)18(24)22-10-8-21(9-11-22)16(23)12-14-6-4-5-7-19-14/h4-7H,3,8-12H2,1-2H3. The summed E-state index contributed by atoms with van der Waals surface area (Å²) >= 11 is 0. The van der Waals surface area contributed by atoms with Gasteiger partial charge in [0.05, 0.1) is 12.1 Å². The first-order chi connectivity index (χ1) is 12.1. The molecule has 0 saturated carbocycles. The average molecular weight is 342 g/mol. The molecule has 0 bridgehead atoms. The predicted octanol–water partition coefficient (Wildman–Crippen LogP) is 1.47. The Labute approximate surface area is 146 Å². The van der Waals surface area contributed by atoms with Gasteiger partial charge in [-0.25, -0.2) is 0 Å². The topological polar surface area (TPSA) is 79.5 Å². The number of rotatable bonds is 4. The lowest BCUT2D eigenvalue weighted by molar-refractivity contribution is -0.132. The highest BCUT2D eigenvalue weighted by Crippen LogP contribution is 2.18. The molecule has 0 atom stereocenters. The Morgan fingerprint density at radius 3 is 2.52 bits per heavy atom. The second kappa shape index (κ2) is 7.46. The first-order valence-electron chi connectivity index (χ1n) is 8.52. The molecule has 7 nitrogen and oxygen atoms in total.